The lowest BCUT2D eigenvalue weighted by molar-refractivity contribution is -0.132. The van der Waals surface area contributed by atoms with Gasteiger partial charge in [-0.15, -0.1) is 0 Å². The van der Waals surface area contributed by atoms with Gasteiger partial charge >= 0.3 is 0 Å². The van der Waals surface area contributed by atoms with Gasteiger partial charge in [-0.05, 0) is 74.5 Å². The van der Waals surface area contributed by atoms with Gasteiger partial charge in [-0.1, -0.05) is 6.92 Å². The summed E-state index contributed by atoms with van der Waals surface area (Å²) >= 11 is 0. The van der Waals surface area contributed by atoms with Crippen LogP contribution >= 0.6 is 0 Å². The SMILES string of the molecule is CC12CCC3C4CCC5NC5C4CCC3C1CCC2=O. The van der Waals surface area contributed by atoms with E-state index in [9.17, 15) is 4.79 Å². The Bertz CT molecular complexity index is 460. The normalized spacial score (nSPS) is 60.2. The largest absolute Gasteiger partial charge is 0.308 e. The van der Waals surface area contributed by atoms with E-state index in [-0.39, 0.29) is 5.41 Å². The Morgan fingerprint density at radius 2 is 1.70 bits per heavy atom. The van der Waals surface area contributed by atoms with E-state index in [0.717, 1.165) is 48.1 Å². The lowest BCUT2D eigenvalue weighted by Crippen LogP contribution is -2.49. The van der Waals surface area contributed by atoms with Crippen LogP contribution in [-0.2, 0) is 4.79 Å². The van der Waals surface area contributed by atoms with Crippen LogP contribution in [0.15, 0.2) is 0 Å². The summed E-state index contributed by atoms with van der Waals surface area (Å²) in [7, 11) is 0. The second-order valence-electron chi connectivity index (χ2n) is 8.63. The zero-order chi connectivity index (χ0) is 13.5. The van der Waals surface area contributed by atoms with Crippen molar-refractivity contribution in [3.05, 3.63) is 0 Å². The Morgan fingerprint density at radius 3 is 2.60 bits per heavy atom. The van der Waals surface area contributed by atoms with Gasteiger partial charge in [0.25, 0.3) is 0 Å². The predicted molar refractivity (Wildman–Crippen MR) is 78.2 cm³/mol. The molecule has 5 aliphatic rings. The maximum Gasteiger partial charge on any atom is 0.139 e. The molecule has 0 amide bonds. The van der Waals surface area contributed by atoms with Crippen LogP contribution in [0.2, 0.25) is 0 Å². The maximum atomic E-state index is 12.3. The standard InChI is InChI=1S/C18H27NO/c1-18-9-8-11-10-4-6-15-17(19-15)13(10)3-2-12(11)14(18)5-7-16(18)20/h10-15,17,19H,2-9H2,1H3. The summed E-state index contributed by atoms with van der Waals surface area (Å²) < 4.78 is 0. The minimum Gasteiger partial charge on any atom is -0.308 e. The number of rotatable bonds is 0. The number of hydrogen-bond donors (Lipinski definition) is 1. The van der Waals surface area contributed by atoms with E-state index in [2.05, 4.69) is 12.2 Å². The summed E-state index contributed by atoms with van der Waals surface area (Å²) in [6.45, 7) is 2.30. The second kappa shape index (κ2) is 3.88. The summed E-state index contributed by atoms with van der Waals surface area (Å²) in [5, 5.41) is 3.73. The summed E-state index contributed by atoms with van der Waals surface area (Å²) in [6, 6.07) is 1.77. The van der Waals surface area contributed by atoms with Crippen LogP contribution in [0.5, 0.6) is 0 Å². The fraction of sp³-hybridized carbons (Fsp3) is 0.944. The van der Waals surface area contributed by atoms with Crippen LogP contribution in [0.25, 0.3) is 0 Å². The number of fused-ring (bicyclic) bond motifs is 7. The van der Waals surface area contributed by atoms with E-state index >= 15 is 0 Å². The molecule has 4 aliphatic carbocycles. The molecule has 5 fully saturated rings. The molecule has 4 saturated carbocycles. The molecule has 0 aromatic carbocycles. The van der Waals surface area contributed by atoms with Crippen molar-refractivity contribution >= 4 is 5.78 Å². The third kappa shape index (κ3) is 1.42. The van der Waals surface area contributed by atoms with Crippen LogP contribution in [-0.4, -0.2) is 17.9 Å². The summed E-state index contributed by atoms with van der Waals surface area (Å²) in [5.74, 6) is 5.15. The maximum absolute atomic E-state index is 12.3. The van der Waals surface area contributed by atoms with Crippen molar-refractivity contribution in [2.45, 2.75) is 70.4 Å². The van der Waals surface area contributed by atoms with Crippen molar-refractivity contribution < 1.29 is 4.79 Å². The van der Waals surface area contributed by atoms with Crippen LogP contribution < -0.4 is 5.32 Å². The monoisotopic (exact) mass is 273 g/mol. The molecule has 110 valence electrons. The van der Waals surface area contributed by atoms with Crippen LogP contribution in [0.4, 0.5) is 0 Å². The van der Waals surface area contributed by atoms with E-state index in [4.69, 9.17) is 0 Å². The van der Waals surface area contributed by atoms with E-state index < -0.39 is 0 Å². The van der Waals surface area contributed by atoms with Crippen molar-refractivity contribution in [1.29, 1.82) is 0 Å². The summed E-state index contributed by atoms with van der Waals surface area (Å²) in [6.07, 6.45) is 10.4. The highest BCUT2D eigenvalue weighted by Crippen LogP contribution is 2.62. The van der Waals surface area contributed by atoms with Crippen molar-refractivity contribution in [1.82, 2.24) is 5.32 Å². The van der Waals surface area contributed by atoms with Gasteiger partial charge in [0.1, 0.15) is 5.78 Å². The second-order valence-corrected chi connectivity index (χ2v) is 8.63. The zero-order valence-electron chi connectivity index (χ0n) is 12.6. The van der Waals surface area contributed by atoms with Gasteiger partial charge in [0.2, 0.25) is 0 Å². The Labute approximate surface area is 122 Å². The van der Waals surface area contributed by atoms with Gasteiger partial charge in [0, 0.05) is 23.9 Å². The van der Waals surface area contributed by atoms with Crippen molar-refractivity contribution in [2.24, 2.45) is 35.0 Å². The Morgan fingerprint density at radius 1 is 0.950 bits per heavy atom. The molecule has 0 radical (unpaired) electrons. The molecule has 2 nitrogen and oxygen atoms in total. The van der Waals surface area contributed by atoms with Crippen LogP contribution in [0, 0.1) is 35.0 Å². The van der Waals surface area contributed by atoms with E-state index in [1.54, 1.807) is 0 Å². The zero-order valence-corrected chi connectivity index (χ0v) is 12.6. The van der Waals surface area contributed by atoms with E-state index in [0.29, 0.717) is 5.78 Å². The summed E-state index contributed by atoms with van der Waals surface area (Å²) in [4.78, 5) is 12.3. The number of carbonyl (C=O) groups excluding carboxylic acids is 1. The van der Waals surface area contributed by atoms with Gasteiger partial charge in [-0.25, -0.2) is 0 Å². The van der Waals surface area contributed by atoms with Gasteiger partial charge in [0.05, 0.1) is 0 Å². The van der Waals surface area contributed by atoms with Gasteiger partial charge in [0.15, 0.2) is 0 Å². The molecule has 0 spiro atoms. The molecule has 1 heterocycles. The highest BCUT2D eigenvalue weighted by molar-refractivity contribution is 5.87. The Hall–Kier alpha value is -0.370. The lowest BCUT2D eigenvalue weighted by atomic mass is 9.50. The molecule has 8 unspecified atom stereocenters. The molecule has 5 rings (SSSR count). The molecule has 1 aliphatic heterocycles. The molecule has 20 heavy (non-hydrogen) atoms. The van der Waals surface area contributed by atoms with Crippen LogP contribution in [0.1, 0.15) is 58.3 Å². The smallest absolute Gasteiger partial charge is 0.139 e. The number of ketones is 1. The van der Waals surface area contributed by atoms with Gasteiger partial charge in [-0.3, -0.25) is 4.79 Å². The molecular formula is C18H27NO. The van der Waals surface area contributed by atoms with Crippen LogP contribution in [0.3, 0.4) is 0 Å². The molecule has 0 aromatic heterocycles. The topological polar surface area (TPSA) is 39.0 Å². The third-order valence-electron chi connectivity index (χ3n) is 8.14. The van der Waals surface area contributed by atoms with E-state index in [1.807, 2.05) is 0 Å². The van der Waals surface area contributed by atoms with Crippen molar-refractivity contribution in [2.75, 3.05) is 0 Å². The first-order chi connectivity index (χ1) is 9.68. The molecule has 0 aromatic rings. The summed E-state index contributed by atoms with van der Waals surface area (Å²) in [5.41, 5.74) is 0.0725. The number of carbonyl (C=O) groups is 1. The molecule has 8 atom stereocenters. The fourth-order valence-corrected chi connectivity index (χ4v) is 7.07. The number of nitrogens with one attached hydrogen (secondary N) is 1. The Balaban J connectivity index is 1.44. The highest BCUT2D eigenvalue weighted by atomic mass is 16.1. The first-order valence-corrected chi connectivity index (χ1v) is 8.98. The van der Waals surface area contributed by atoms with Gasteiger partial charge < -0.3 is 5.32 Å². The number of Topliss-reactive ketones (excluding diaryl/α,β-unsaturated/α-hetero) is 1. The minimum atomic E-state index is 0.0725. The predicted octanol–water partition coefficient (Wildman–Crippen LogP) is 3.16. The van der Waals surface area contributed by atoms with Crippen molar-refractivity contribution in [3.8, 4) is 0 Å². The highest BCUT2D eigenvalue weighted by Gasteiger charge is 2.59. The molecule has 1 N–H and O–H groups in total. The lowest BCUT2D eigenvalue weighted by Gasteiger charge is -2.53. The average molecular weight is 273 g/mol. The number of hydrogen-bond acceptors (Lipinski definition) is 2. The minimum absolute atomic E-state index is 0.0725. The average Bonchev–Trinajstić information content (AvgIpc) is 3.19. The van der Waals surface area contributed by atoms with Gasteiger partial charge in [-0.2, -0.15) is 0 Å². The first-order valence-electron chi connectivity index (χ1n) is 8.98. The first kappa shape index (κ1) is 12.2. The molecular weight excluding hydrogens is 246 g/mol. The molecule has 2 heteroatoms. The molecule has 1 saturated heterocycles. The fourth-order valence-electron chi connectivity index (χ4n) is 7.07. The van der Waals surface area contributed by atoms with Crippen molar-refractivity contribution in [3.63, 3.8) is 0 Å². The Kier molecular flexibility index (Phi) is 2.37. The van der Waals surface area contributed by atoms with E-state index in [1.165, 1.54) is 44.9 Å². The molecule has 0 bridgehead atoms. The third-order valence-corrected chi connectivity index (χ3v) is 8.14. The quantitative estimate of drug-likeness (QED) is 0.689.